The molecule has 66 valence electrons. The summed E-state index contributed by atoms with van der Waals surface area (Å²) in [6, 6.07) is 6.71. The SMILES string of the molecule is C1=CN2CCCc3cccc(c32)C1. The molecule has 0 atom stereocenters. The van der Waals surface area contributed by atoms with E-state index in [9.17, 15) is 0 Å². The highest BCUT2D eigenvalue weighted by atomic mass is 15.1. The monoisotopic (exact) mass is 171 g/mol. The van der Waals surface area contributed by atoms with E-state index >= 15 is 0 Å². The number of anilines is 1. The molecular weight excluding hydrogens is 158 g/mol. The van der Waals surface area contributed by atoms with Gasteiger partial charge in [0.25, 0.3) is 0 Å². The Kier molecular flexibility index (Phi) is 1.45. The summed E-state index contributed by atoms with van der Waals surface area (Å²) in [5.74, 6) is 0. The molecule has 1 aromatic carbocycles. The van der Waals surface area contributed by atoms with Crippen LogP contribution in [0.4, 0.5) is 5.69 Å². The van der Waals surface area contributed by atoms with E-state index in [0.29, 0.717) is 0 Å². The van der Waals surface area contributed by atoms with Crippen LogP contribution in [0.2, 0.25) is 0 Å². The van der Waals surface area contributed by atoms with Crippen molar-refractivity contribution in [3.63, 3.8) is 0 Å². The van der Waals surface area contributed by atoms with Gasteiger partial charge in [-0.3, -0.25) is 0 Å². The summed E-state index contributed by atoms with van der Waals surface area (Å²) in [4.78, 5) is 2.40. The van der Waals surface area contributed by atoms with E-state index in [1.165, 1.54) is 36.2 Å². The first-order valence-electron chi connectivity index (χ1n) is 4.99. The molecule has 0 unspecified atom stereocenters. The zero-order chi connectivity index (χ0) is 8.67. The Balaban J connectivity index is 2.22. The van der Waals surface area contributed by atoms with Gasteiger partial charge < -0.3 is 4.90 Å². The standard InChI is InChI=1S/C12H13N/c1-4-10-6-2-8-13-9-3-7-11(5-1)12(10)13/h1-2,4-5,8H,3,6-7,9H2. The van der Waals surface area contributed by atoms with Crippen molar-refractivity contribution in [2.45, 2.75) is 19.3 Å². The van der Waals surface area contributed by atoms with Gasteiger partial charge in [0.15, 0.2) is 0 Å². The summed E-state index contributed by atoms with van der Waals surface area (Å²) in [5.41, 5.74) is 4.53. The van der Waals surface area contributed by atoms with Crippen LogP contribution in [-0.4, -0.2) is 6.54 Å². The maximum atomic E-state index is 2.40. The number of hydrogen-bond acceptors (Lipinski definition) is 1. The second-order valence-electron chi connectivity index (χ2n) is 3.81. The molecule has 2 heterocycles. The average molecular weight is 171 g/mol. The van der Waals surface area contributed by atoms with Gasteiger partial charge in [-0.2, -0.15) is 0 Å². The molecule has 0 spiro atoms. The molecule has 0 saturated carbocycles. The number of hydrogen-bond donors (Lipinski definition) is 0. The van der Waals surface area contributed by atoms with Crippen molar-refractivity contribution in [1.29, 1.82) is 0 Å². The van der Waals surface area contributed by atoms with Crippen LogP contribution in [0.25, 0.3) is 0 Å². The Hall–Kier alpha value is -1.24. The first kappa shape index (κ1) is 7.19. The first-order chi connectivity index (χ1) is 6.45. The van der Waals surface area contributed by atoms with Crippen LogP contribution in [-0.2, 0) is 12.8 Å². The Bertz CT molecular complexity index is 365. The van der Waals surface area contributed by atoms with Gasteiger partial charge in [-0.15, -0.1) is 0 Å². The summed E-state index contributed by atoms with van der Waals surface area (Å²) in [6.45, 7) is 1.19. The second-order valence-corrected chi connectivity index (χ2v) is 3.81. The van der Waals surface area contributed by atoms with Gasteiger partial charge in [-0.05, 0) is 30.4 Å². The number of para-hydroxylation sites is 1. The van der Waals surface area contributed by atoms with E-state index < -0.39 is 0 Å². The molecule has 2 aliphatic rings. The van der Waals surface area contributed by atoms with Crippen LogP contribution in [0.15, 0.2) is 30.5 Å². The van der Waals surface area contributed by atoms with Crippen molar-refractivity contribution in [2.75, 3.05) is 11.4 Å². The van der Waals surface area contributed by atoms with E-state index in [0.717, 1.165) is 6.42 Å². The quantitative estimate of drug-likeness (QED) is 0.579. The van der Waals surface area contributed by atoms with Gasteiger partial charge in [0.2, 0.25) is 0 Å². The summed E-state index contributed by atoms with van der Waals surface area (Å²) in [5, 5.41) is 0. The largest absolute Gasteiger partial charge is 0.348 e. The Morgan fingerprint density at radius 3 is 3.08 bits per heavy atom. The van der Waals surface area contributed by atoms with Gasteiger partial charge in [-0.1, -0.05) is 24.3 Å². The molecule has 1 heteroatoms. The average Bonchev–Trinajstić information content (AvgIpc) is 2.19. The lowest BCUT2D eigenvalue weighted by Crippen LogP contribution is -2.26. The highest BCUT2D eigenvalue weighted by Gasteiger charge is 2.19. The van der Waals surface area contributed by atoms with Crippen LogP contribution in [0.5, 0.6) is 0 Å². The molecule has 0 bridgehead atoms. The molecule has 0 N–H and O–H groups in total. The molecule has 1 aromatic rings. The number of benzene rings is 1. The van der Waals surface area contributed by atoms with Crippen molar-refractivity contribution in [2.24, 2.45) is 0 Å². The fourth-order valence-corrected chi connectivity index (χ4v) is 2.39. The zero-order valence-corrected chi connectivity index (χ0v) is 7.66. The predicted octanol–water partition coefficient (Wildman–Crippen LogP) is 2.51. The third-order valence-electron chi connectivity index (χ3n) is 2.96. The van der Waals surface area contributed by atoms with Crippen molar-refractivity contribution < 1.29 is 0 Å². The Labute approximate surface area is 78.7 Å². The van der Waals surface area contributed by atoms with Crippen molar-refractivity contribution >= 4 is 5.69 Å². The third kappa shape index (κ3) is 0.998. The lowest BCUT2D eigenvalue weighted by molar-refractivity contribution is 0.751. The maximum absolute atomic E-state index is 2.40. The summed E-state index contributed by atoms with van der Waals surface area (Å²) in [6.07, 6.45) is 8.16. The number of nitrogens with zero attached hydrogens (tertiary/aromatic N) is 1. The fourth-order valence-electron chi connectivity index (χ4n) is 2.39. The van der Waals surface area contributed by atoms with E-state index in [-0.39, 0.29) is 0 Å². The Morgan fingerprint density at radius 1 is 1.15 bits per heavy atom. The van der Waals surface area contributed by atoms with E-state index in [4.69, 9.17) is 0 Å². The van der Waals surface area contributed by atoms with Gasteiger partial charge >= 0.3 is 0 Å². The van der Waals surface area contributed by atoms with E-state index in [1.54, 1.807) is 0 Å². The van der Waals surface area contributed by atoms with Gasteiger partial charge in [0.1, 0.15) is 0 Å². The first-order valence-corrected chi connectivity index (χ1v) is 4.99. The molecule has 0 radical (unpaired) electrons. The molecule has 13 heavy (non-hydrogen) atoms. The number of rotatable bonds is 0. The topological polar surface area (TPSA) is 3.24 Å². The van der Waals surface area contributed by atoms with Gasteiger partial charge in [0.05, 0.1) is 0 Å². The maximum Gasteiger partial charge on any atom is 0.0474 e. The molecule has 1 nitrogen and oxygen atoms in total. The number of allylic oxidation sites excluding steroid dienone is 1. The smallest absolute Gasteiger partial charge is 0.0474 e. The molecule has 3 rings (SSSR count). The lowest BCUT2D eigenvalue weighted by Gasteiger charge is -2.32. The fraction of sp³-hybridized carbons (Fsp3) is 0.333. The molecule has 0 fully saturated rings. The predicted molar refractivity (Wildman–Crippen MR) is 55.0 cm³/mol. The van der Waals surface area contributed by atoms with Crippen LogP contribution in [0, 0.1) is 0 Å². The third-order valence-corrected chi connectivity index (χ3v) is 2.96. The lowest BCUT2D eigenvalue weighted by atomic mass is 9.95. The summed E-state index contributed by atoms with van der Waals surface area (Å²) < 4.78 is 0. The summed E-state index contributed by atoms with van der Waals surface area (Å²) in [7, 11) is 0. The molecular formula is C12H13N. The molecule has 0 aliphatic carbocycles. The minimum atomic E-state index is 1.11. The molecule has 0 aromatic heterocycles. The minimum Gasteiger partial charge on any atom is -0.348 e. The molecule has 2 aliphatic heterocycles. The van der Waals surface area contributed by atoms with Crippen LogP contribution >= 0.6 is 0 Å². The van der Waals surface area contributed by atoms with Crippen LogP contribution in [0.3, 0.4) is 0 Å². The highest BCUT2D eigenvalue weighted by Crippen LogP contribution is 2.33. The van der Waals surface area contributed by atoms with Gasteiger partial charge in [0, 0.05) is 18.4 Å². The number of aryl methyl sites for hydroxylation is 1. The van der Waals surface area contributed by atoms with Crippen molar-refractivity contribution in [3.8, 4) is 0 Å². The highest BCUT2D eigenvalue weighted by molar-refractivity contribution is 5.65. The van der Waals surface area contributed by atoms with E-state index in [2.05, 4.69) is 35.4 Å². The van der Waals surface area contributed by atoms with Crippen molar-refractivity contribution in [3.05, 3.63) is 41.6 Å². The van der Waals surface area contributed by atoms with Gasteiger partial charge in [-0.25, -0.2) is 0 Å². The summed E-state index contributed by atoms with van der Waals surface area (Å²) >= 11 is 0. The van der Waals surface area contributed by atoms with Crippen LogP contribution < -0.4 is 4.90 Å². The zero-order valence-electron chi connectivity index (χ0n) is 7.66. The Morgan fingerprint density at radius 2 is 2.08 bits per heavy atom. The molecule has 0 saturated heterocycles. The van der Waals surface area contributed by atoms with Crippen LogP contribution in [0.1, 0.15) is 17.5 Å². The molecule has 0 amide bonds. The van der Waals surface area contributed by atoms with E-state index in [1.807, 2.05) is 0 Å². The second kappa shape index (κ2) is 2.63. The normalized spacial score (nSPS) is 18.6. The minimum absolute atomic E-state index is 1.11. The van der Waals surface area contributed by atoms with Crippen molar-refractivity contribution in [1.82, 2.24) is 0 Å².